The minimum absolute atomic E-state index is 0.0307. The molecule has 2 atom stereocenters. The van der Waals surface area contributed by atoms with Crippen molar-refractivity contribution in [2.24, 2.45) is 0 Å². The van der Waals surface area contributed by atoms with Gasteiger partial charge in [0.05, 0.1) is 54.5 Å². The van der Waals surface area contributed by atoms with Gasteiger partial charge in [0, 0.05) is 78.8 Å². The van der Waals surface area contributed by atoms with Crippen LogP contribution in [0.15, 0.2) is 247 Å². The molecule has 6 heteroatoms. The van der Waals surface area contributed by atoms with Gasteiger partial charge in [0.25, 0.3) is 0 Å². The molecule has 16 rings (SSSR count). The van der Waals surface area contributed by atoms with Crippen LogP contribution >= 0.6 is 15.9 Å². The van der Waals surface area contributed by atoms with Crippen LogP contribution in [0.3, 0.4) is 0 Å². The SMILES string of the molecule is CC12C=CC(n3c4ccccc4c4ccccc43)=CC1c1cc(-n3c4ccccc4c4ccccc43)ccc1N2c1cc(N2Cc3ccccc3-c3ccccc32)c(Br)c(-n2c3ccccc3c3ccccc32)c1. The summed E-state index contributed by atoms with van der Waals surface area (Å²) >= 11 is 4.39. The van der Waals surface area contributed by atoms with Gasteiger partial charge in [0.15, 0.2) is 0 Å². The molecule has 350 valence electrons. The fraction of sp³-hybridized carbons (Fsp3) is 0.0588. The van der Waals surface area contributed by atoms with E-state index in [-0.39, 0.29) is 5.92 Å². The van der Waals surface area contributed by atoms with Gasteiger partial charge in [-0.3, -0.25) is 0 Å². The van der Waals surface area contributed by atoms with Gasteiger partial charge in [0.1, 0.15) is 0 Å². The molecule has 3 aromatic heterocycles. The van der Waals surface area contributed by atoms with Crippen molar-refractivity contribution in [2.45, 2.75) is 24.9 Å². The van der Waals surface area contributed by atoms with Crippen molar-refractivity contribution in [2.75, 3.05) is 9.80 Å². The minimum atomic E-state index is -0.514. The molecule has 2 unspecified atom stereocenters. The largest absolute Gasteiger partial charge is 0.335 e. The summed E-state index contributed by atoms with van der Waals surface area (Å²) in [5, 5.41) is 7.49. The maximum absolute atomic E-state index is 4.39. The second-order valence-corrected chi connectivity index (χ2v) is 21.2. The predicted octanol–water partition coefficient (Wildman–Crippen LogP) is 18.2. The van der Waals surface area contributed by atoms with Crippen LogP contribution in [0, 0.1) is 0 Å². The van der Waals surface area contributed by atoms with Crippen LogP contribution in [0.25, 0.3) is 93.6 Å². The Morgan fingerprint density at radius 2 is 0.892 bits per heavy atom. The first kappa shape index (κ1) is 41.7. The van der Waals surface area contributed by atoms with Crippen LogP contribution in [0.2, 0.25) is 0 Å². The molecule has 2 aliphatic heterocycles. The van der Waals surface area contributed by atoms with Gasteiger partial charge >= 0.3 is 0 Å². The van der Waals surface area contributed by atoms with E-state index >= 15 is 0 Å². The van der Waals surface area contributed by atoms with Gasteiger partial charge in [-0.2, -0.15) is 0 Å². The second-order valence-electron chi connectivity index (χ2n) is 20.4. The highest BCUT2D eigenvalue weighted by molar-refractivity contribution is 9.10. The van der Waals surface area contributed by atoms with Crippen molar-refractivity contribution in [3.05, 3.63) is 258 Å². The number of benzene rings is 10. The quantitative estimate of drug-likeness (QED) is 0.171. The molecule has 3 aliphatic rings. The first-order valence-corrected chi connectivity index (χ1v) is 26.4. The summed E-state index contributed by atoms with van der Waals surface area (Å²) in [4.78, 5) is 5.18. The number of hydrogen-bond donors (Lipinski definition) is 0. The summed E-state index contributed by atoms with van der Waals surface area (Å²) in [7, 11) is 0. The molecule has 5 nitrogen and oxygen atoms in total. The third-order valence-corrected chi connectivity index (χ3v) is 17.3. The smallest absolute Gasteiger partial charge is 0.0713 e. The van der Waals surface area contributed by atoms with E-state index in [9.17, 15) is 0 Å². The monoisotopic (exact) mass is 1010 g/mol. The summed E-state index contributed by atoms with van der Waals surface area (Å²) in [5.74, 6) is -0.0307. The Hall–Kier alpha value is -8.84. The molecule has 0 radical (unpaired) electrons. The lowest BCUT2D eigenvalue weighted by molar-refractivity contribution is 0.542. The molecule has 0 amide bonds. The first-order chi connectivity index (χ1) is 36.5. The van der Waals surface area contributed by atoms with Gasteiger partial charge in [-0.1, -0.05) is 164 Å². The summed E-state index contributed by atoms with van der Waals surface area (Å²) in [6.07, 6.45) is 7.43. The number of anilines is 4. The van der Waals surface area contributed by atoms with E-state index in [0.717, 1.165) is 33.8 Å². The van der Waals surface area contributed by atoms with E-state index < -0.39 is 5.54 Å². The fourth-order valence-corrected chi connectivity index (χ4v) is 13.9. The van der Waals surface area contributed by atoms with Gasteiger partial charge in [-0.25, -0.2) is 0 Å². The van der Waals surface area contributed by atoms with E-state index in [1.54, 1.807) is 0 Å². The summed E-state index contributed by atoms with van der Waals surface area (Å²) in [5.41, 5.74) is 19.8. The van der Waals surface area contributed by atoms with Crippen molar-refractivity contribution in [3.63, 3.8) is 0 Å². The molecule has 74 heavy (non-hydrogen) atoms. The van der Waals surface area contributed by atoms with Crippen molar-refractivity contribution in [1.29, 1.82) is 0 Å². The normalized spacial score (nSPS) is 16.9. The molecule has 0 fully saturated rings. The molecular formula is C68H46BrN5. The number of hydrogen-bond acceptors (Lipinski definition) is 2. The Morgan fingerprint density at radius 1 is 0.419 bits per heavy atom. The zero-order valence-electron chi connectivity index (χ0n) is 40.5. The van der Waals surface area contributed by atoms with Crippen molar-refractivity contribution in [1.82, 2.24) is 13.7 Å². The topological polar surface area (TPSA) is 21.3 Å². The lowest BCUT2D eigenvalue weighted by Crippen LogP contribution is -2.42. The number of para-hydroxylation sites is 7. The Morgan fingerprint density at radius 3 is 1.47 bits per heavy atom. The maximum Gasteiger partial charge on any atom is 0.0713 e. The molecule has 0 N–H and O–H groups in total. The zero-order chi connectivity index (χ0) is 48.8. The zero-order valence-corrected chi connectivity index (χ0v) is 42.1. The Balaban J connectivity index is 0.975. The standard InChI is InChI=1S/C68H46BrN5/c1-68-37-36-45(72-60-30-14-7-23-51(60)52-24-8-15-31-61(52)72)39-56(68)55-38-44(71-58-28-12-5-21-49(58)50-22-6-13-29-59(50)71)34-35-64(55)74(68)46-40-65(70-42-43-18-2-3-19-47(43)48-20-4-11-27-57(48)70)67(69)66(41-46)73-62-32-16-9-25-53(62)54-26-10-17-33-63(54)73/h2-41,56H,42H2,1H3. The van der Waals surface area contributed by atoms with E-state index in [1.165, 1.54) is 105 Å². The lowest BCUT2D eigenvalue weighted by Gasteiger charge is -2.41. The summed E-state index contributed by atoms with van der Waals surface area (Å²) in [6.45, 7) is 3.17. The van der Waals surface area contributed by atoms with Gasteiger partial charge in [-0.05, 0) is 118 Å². The average molecular weight is 1010 g/mol. The highest BCUT2D eigenvalue weighted by atomic mass is 79.9. The van der Waals surface area contributed by atoms with E-state index in [1.807, 2.05) is 0 Å². The van der Waals surface area contributed by atoms with E-state index in [2.05, 4.69) is 289 Å². The number of nitrogens with zero attached hydrogens (tertiary/aromatic N) is 5. The lowest BCUT2D eigenvalue weighted by atomic mass is 9.79. The van der Waals surface area contributed by atoms with Crippen molar-refractivity contribution in [3.8, 4) is 22.5 Å². The van der Waals surface area contributed by atoms with Crippen LogP contribution in [0.1, 0.15) is 24.0 Å². The molecule has 13 aromatic rings. The first-order valence-electron chi connectivity index (χ1n) is 25.6. The Bertz CT molecular complexity index is 4440. The second kappa shape index (κ2) is 15.6. The Kier molecular flexibility index (Phi) is 8.79. The number of rotatable bonds is 5. The van der Waals surface area contributed by atoms with Crippen molar-refractivity contribution < 1.29 is 0 Å². The van der Waals surface area contributed by atoms with E-state index in [0.29, 0.717) is 0 Å². The molecule has 0 spiro atoms. The highest BCUT2D eigenvalue weighted by Crippen LogP contribution is 2.58. The van der Waals surface area contributed by atoms with Crippen LogP contribution in [-0.4, -0.2) is 19.2 Å². The maximum atomic E-state index is 4.39. The highest BCUT2D eigenvalue weighted by Gasteiger charge is 2.49. The molecule has 1 aliphatic carbocycles. The molecule has 0 saturated heterocycles. The number of halogens is 1. The molecule has 10 aromatic carbocycles. The molecule has 0 bridgehead atoms. The summed E-state index contributed by atoms with van der Waals surface area (Å²) < 4.78 is 8.46. The number of fused-ring (bicyclic) bond motifs is 15. The molecular weight excluding hydrogens is 967 g/mol. The van der Waals surface area contributed by atoms with Crippen LogP contribution in [0.4, 0.5) is 22.7 Å². The Labute approximate surface area is 436 Å². The minimum Gasteiger partial charge on any atom is -0.335 e. The number of aromatic nitrogens is 3. The average Bonchev–Trinajstić information content (AvgIpc) is 4.18. The van der Waals surface area contributed by atoms with Gasteiger partial charge < -0.3 is 23.5 Å². The predicted molar refractivity (Wildman–Crippen MR) is 313 cm³/mol. The third-order valence-electron chi connectivity index (χ3n) is 16.5. The molecule has 0 saturated carbocycles. The van der Waals surface area contributed by atoms with E-state index in [4.69, 9.17) is 0 Å². The number of allylic oxidation sites excluding steroid dienone is 2. The van der Waals surface area contributed by atoms with Crippen LogP contribution in [0.5, 0.6) is 0 Å². The van der Waals surface area contributed by atoms with Gasteiger partial charge in [0.2, 0.25) is 0 Å². The summed E-state index contributed by atoms with van der Waals surface area (Å²) in [6, 6.07) is 83.0. The molecule has 5 heterocycles. The van der Waals surface area contributed by atoms with Crippen LogP contribution in [-0.2, 0) is 6.54 Å². The van der Waals surface area contributed by atoms with Gasteiger partial charge in [-0.15, -0.1) is 0 Å². The van der Waals surface area contributed by atoms with Crippen molar-refractivity contribution >= 4 is 110 Å². The third kappa shape index (κ3) is 5.74. The van der Waals surface area contributed by atoms with Crippen LogP contribution < -0.4 is 9.80 Å². The fourth-order valence-electron chi connectivity index (χ4n) is 13.3.